The fourth-order valence-electron chi connectivity index (χ4n) is 4.92. The molecule has 2 amide bonds. The summed E-state index contributed by atoms with van der Waals surface area (Å²) in [5, 5.41) is 3.58. The summed E-state index contributed by atoms with van der Waals surface area (Å²) in [6.45, 7) is 5.66. The lowest BCUT2D eigenvalue weighted by molar-refractivity contribution is -0.140. The highest BCUT2D eigenvalue weighted by Gasteiger charge is 2.34. The standard InChI is InChI=1S/C35H37Cl2N3O5S/c1-4-38-35(42)33(21-26-9-7-6-8-10-26)39(23-27-13-14-28(36)22-32(27)37)34(41)24-40(29-15-11-25(3)12-16-29)46(43,44)31-19-17-30(18-20-31)45-5-2/h6-20,22,33H,4-5,21,23-24H2,1-3H3,(H,38,42)/t33-/m0/s1. The topological polar surface area (TPSA) is 96.0 Å². The summed E-state index contributed by atoms with van der Waals surface area (Å²) in [5.74, 6) is -0.439. The van der Waals surface area contributed by atoms with Gasteiger partial charge in [-0.3, -0.25) is 13.9 Å². The van der Waals surface area contributed by atoms with E-state index in [4.69, 9.17) is 27.9 Å². The first kappa shape index (κ1) is 34.8. The number of amides is 2. The third-order valence-electron chi connectivity index (χ3n) is 7.30. The van der Waals surface area contributed by atoms with Crippen LogP contribution in [0.1, 0.15) is 30.5 Å². The summed E-state index contributed by atoms with van der Waals surface area (Å²) in [7, 11) is -4.24. The van der Waals surface area contributed by atoms with E-state index in [1.54, 1.807) is 61.5 Å². The smallest absolute Gasteiger partial charge is 0.264 e. The van der Waals surface area contributed by atoms with Crippen LogP contribution < -0.4 is 14.4 Å². The lowest BCUT2D eigenvalue weighted by Crippen LogP contribution is -2.53. The van der Waals surface area contributed by atoms with Gasteiger partial charge in [0.2, 0.25) is 11.8 Å². The highest BCUT2D eigenvalue weighted by molar-refractivity contribution is 7.92. The Morgan fingerprint density at radius 3 is 2.17 bits per heavy atom. The summed E-state index contributed by atoms with van der Waals surface area (Å²) in [6, 6.07) is 26.2. The van der Waals surface area contributed by atoms with E-state index < -0.39 is 28.5 Å². The second kappa shape index (κ2) is 16.0. The zero-order valence-corrected chi connectivity index (χ0v) is 28.3. The Labute approximate surface area is 280 Å². The molecule has 0 bridgehead atoms. The maximum atomic E-state index is 14.5. The van der Waals surface area contributed by atoms with Gasteiger partial charge in [0.15, 0.2) is 0 Å². The molecule has 11 heteroatoms. The molecule has 0 saturated heterocycles. The molecule has 4 aromatic carbocycles. The Hall–Kier alpha value is -4.05. The van der Waals surface area contributed by atoms with E-state index >= 15 is 0 Å². The van der Waals surface area contributed by atoms with Crippen molar-refractivity contribution < 1.29 is 22.7 Å². The third-order valence-corrected chi connectivity index (χ3v) is 9.68. The van der Waals surface area contributed by atoms with Crippen LogP contribution in [-0.2, 0) is 32.6 Å². The first-order valence-electron chi connectivity index (χ1n) is 14.9. The number of hydrogen-bond acceptors (Lipinski definition) is 5. The molecular formula is C35H37Cl2N3O5S. The van der Waals surface area contributed by atoms with Crippen molar-refractivity contribution in [1.29, 1.82) is 0 Å². The van der Waals surface area contributed by atoms with Crippen molar-refractivity contribution in [2.75, 3.05) is 24.0 Å². The zero-order chi connectivity index (χ0) is 33.3. The van der Waals surface area contributed by atoms with Crippen LogP contribution in [0.25, 0.3) is 0 Å². The van der Waals surface area contributed by atoms with Crippen LogP contribution in [0.5, 0.6) is 5.75 Å². The fourth-order valence-corrected chi connectivity index (χ4v) is 6.80. The van der Waals surface area contributed by atoms with Crippen molar-refractivity contribution in [3.63, 3.8) is 0 Å². The molecule has 4 aromatic rings. The largest absolute Gasteiger partial charge is 0.494 e. The molecule has 0 aliphatic heterocycles. The quantitative estimate of drug-likeness (QED) is 0.160. The summed E-state index contributed by atoms with van der Waals surface area (Å²) in [5.41, 5.74) is 2.61. The van der Waals surface area contributed by atoms with Gasteiger partial charge in [-0.1, -0.05) is 77.3 Å². The van der Waals surface area contributed by atoms with E-state index in [0.717, 1.165) is 15.4 Å². The van der Waals surface area contributed by atoms with Crippen LogP contribution in [0.3, 0.4) is 0 Å². The molecule has 242 valence electrons. The number of benzene rings is 4. The molecule has 1 atom stereocenters. The van der Waals surface area contributed by atoms with E-state index in [1.165, 1.54) is 17.0 Å². The van der Waals surface area contributed by atoms with E-state index in [0.29, 0.717) is 40.2 Å². The van der Waals surface area contributed by atoms with Crippen molar-refractivity contribution in [3.05, 3.63) is 124 Å². The number of sulfonamides is 1. The van der Waals surface area contributed by atoms with Gasteiger partial charge in [0.05, 0.1) is 17.2 Å². The zero-order valence-electron chi connectivity index (χ0n) is 26.0. The molecule has 1 N–H and O–H groups in total. The molecule has 0 heterocycles. The molecule has 46 heavy (non-hydrogen) atoms. The van der Waals surface area contributed by atoms with Crippen LogP contribution in [0, 0.1) is 6.92 Å². The van der Waals surface area contributed by atoms with Crippen LogP contribution in [-0.4, -0.2) is 50.9 Å². The van der Waals surface area contributed by atoms with Crippen molar-refractivity contribution in [2.24, 2.45) is 0 Å². The summed E-state index contributed by atoms with van der Waals surface area (Å²) in [4.78, 5) is 29.5. The van der Waals surface area contributed by atoms with Gasteiger partial charge in [-0.05, 0) is 80.4 Å². The van der Waals surface area contributed by atoms with Crippen LogP contribution in [0.15, 0.2) is 102 Å². The van der Waals surface area contributed by atoms with Gasteiger partial charge in [0.1, 0.15) is 18.3 Å². The van der Waals surface area contributed by atoms with Gasteiger partial charge >= 0.3 is 0 Å². The lowest BCUT2D eigenvalue weighted by Gasteiger charge is -2.34. The molecule has 8 nitrogen and oxygen atoms in total. The highest BCUT2D eigenvalue weighted by Crippen LogP contribution is 2.28. The number of carbonyl (C=O) groups excluding carboxylic acids is 2. The number of ether oxygens (including phenoxy) is 1. The van der Waals surface area contributed by atoms with Crippen molar-refractivity contribution in [3.8, 4) is 5.75 Å². The fraction of sp³-hybridized carbons (Fsp3) is 0.257. The Bertz CT molecular complexity index is 1730. The van der Waals surface area contributed by atoms with Crippen molar-refractivity contribution >= 4 is 50.7 Å². The first-order valence-corrected chi connectivity index (χ1v) is 17.1. The average Bonchev–Trinajstić information content (AvgIpc) is 3.04. The molecule has 0 aliphatic carbocycles. The summed E-state index contributed by atoms with van der Waals surface area (Å²) < 4.78 is 34.9. The first-order chi connectivity index (χ1) is 22.0. The Balaban J connectivity index is 1.80. The number of rotatable bonds is 14. The minimum absolute atomic E-state index is 0.0128. The lowest BCUT2D eigenvalue weighted by atomic mass is 10.0. The average molecular weight is 683 g/mol. The highest BCUT2D eigenvalue weighted by atomic mass is 35.5. The molecule has 0 spiro atoms. The molecule has 0 unspecified atom stereocenters. The number of halogens is 2. The Morgan fingerprint density at radius 2 is 1.57 bits per heavy atom. The Kier molecular flexibility index (Phi) is 12.1. The van der Waals surface area contributed by atoms with Gasteiger partial charge < -0.3 is 15.0 Å². The molecule has 0 saturated carbocycles. The molecular weight excluding hydrogens is 645 g/mol. The SMILES string of the molecule is CCNC(=O)[C@H](Cc1ccccc1)N(Cc1ccc(Cl)cc1Cl)C(=O)CN(c1ccc(C)cc1)S(=O)(=O)c1ccc(OCC)cc1. The van der Waals surface area contributed by atoms with Gasteiger partial charge in [0.25, 0.3) is 10.0 Å². The predicted molar refractivity (Wildman–Crippen MR) is 183 cm³/mol. The number of likely N-dealkylation sites (N-methyl/N-ethyl adjacent to an activating group) is 1. The second-order valence-corrected chi connectivity index (χ2v) is 13.3. The minimum Gasteiger partial charge on any atom is -0.494 e. The van der Waals surface area contributed by atoms with Crippen LogP contribution >= 0.6 is 23.2 Å². The van der Waals surface area contributed by atoms with E-state index in [-0.39, 0.29) is 23.8 Å². The molecule has 0 fully saturated rings. The minimum atomic E-state index is -4.24. The Morgan fingerprint density at radius 1 is 0.891 bits per heavy atom. The molecule has 0 radical (unpaired) electrons. The van der Waals surface area contributed by atoms with Gasteiger partial charge in [-0.15, -0.1) is 0 Å². The number of carbonyl (C=O) groups is 2. The van der Waals surface area contributed by atoms with Crippen LogP contribution in [0.4, 0.5) is 5.69 Å². The molecule has 4 rings (SSSR count). The number of aryl methyl sites for hydroxylation is 1. The van der Waals surface area contributed by atoms with Crippen molar-refractivity contribution in [1.82, 2.24) is 10.2 Å². The summed E-state index contributed by atoms with van der Waals surface area (Å²) >= 11 is 12.7. The predicted octanol–water partition coefficient (Wildman–Crippen LogP) is 6.67. The van der Waals surface area contributed by atoms with E-state index in [9.17, 15) is 18.0 Å². The second-order valence-electron chi connectivity index (χ2n) is 10.6. The molecule has 0 aromatic heterocycles. The monoisotopic (exact) mass is 681 g/mol. The van der Waals surface area contributed by atoms with Crippen molar-refractivity contribution in [2.45, 2.75) is 44.7 Å². The number of hydrogen-bond donors (Lipinski definition) is 1. The number of anilines is 1. The number of nitrogens with one attached hydrogen (secondary N) is 1. The third kappa shape index (κ3) is 8.81. The normalized spacial score (nSPS) is 11.8. The summed E-state index contributed by atoms with van der Waals surface area (Å²) in [6.07, 6.45) is 0.194. The van der Waals surface area contributed by atoms with E-state index in [1.807, 2.05) is 44.2 Å². The molecule has 0 aliphatic rings. The van der Waals surface area contributed by atoms with Gasteiger partial charge in [0, 0.05) is 29.6 Å². The van der Waals surface area contributed by atoms with Gasteiger partial charge in [-0.2, -0.15) is 0 Å². The van der Waals surface area contributed by atoms with Gasteiger partial charge in [-0.25, -0.2) is 8.42 Å². The maximum Gasteiger partial charge on any atom is 0.264 e. The number of nitrogens with zero attached hydrogens (tertiary/aromatic N) is 2. The maximum absolute atomic E-state index is 14.5. The van der Waals surface area contributed by atoms with E-state index in [2.05, 4.69) is 5.32 Å². The van der Waals surface area contributed by atoms with Crippen LogP contribution in [0.2, 0.25) is 10.0 Å².